The molecule has 1 amide bonds. The van der Waals surface area contributed by atoms with E-state index in [0.29, 0.717) is 12.5 Å². The molecule has 0 aliphatic rings. The molecule has 0 spiro atoms. The van der Waals surface area contributed by atoms with E-state index in [2.05, 4.69) is 20.6 Å². The van der Waals surface area contributed by atoms with Crippen LogP contribution in [0.5, 0.6) is 0 Å². The molecule has 0 unspecified atom stereocenters. The summed E-state index contributed by atoms with van der Waals surface area (Å²) in [6.07, 6.45) is 1.77. The summed E-state index contributed by atoms with van der Waals surface area (Å²) in [5, 5.41) is 6.16. The van der Waals surface area contributed by atoms with Gasteiger partial charge in [-0.2, -0.15) is 0 Å². The fourth-order valence-corrected chi connectivity index (χ4v) is 1.78. The normalized spacial score (nSPS) is 11.0. The summed E-state index contributed by atoms with van der Waals surface area (Å²) in [5.41, 5.74) is 1.03. The van der Waals surface area contributed by atoms with Gasteiger partial charge in [0.2, 0.25) is 5.91 Å². The first kappa shape index (κ1) is 17.7. The summed E-state index contributed by atoms with van der Waals surface area (Å²) in [5.74, 6) is 1.51. The van der Waals surface area contributed by atoms with Crippen LogP contribution in [-0.2, 0) is 11.3 Å². The van der Waals surface area contributed by atoms with E-state index in [9.17, 15) is 4.79 Å². The van der Waals surface area contributed by atoms with Gasteiger partial charge in [0.1, 0.15) is 5.82 Å². The van der Waals surface area contributed by atoms with Gasteiger partial charge in [-0.3, -0.25) is 4.79 Å². The molecule has 7 heteroatoms. The molecule has 0 bridgehead atoms. The van der Waals surface area contributed by atoms with Crippen molar-refractivity contribution in [1.29, 1.82) is 0 Å². The predicted octanol–water partition coefficient (Wildman–Crippen LogP) is 0.291. The fourth-order valence-electron chi connectivity index (χ4n) is 1.78. The SMILES string of the molecule is CCNC(=NCc1cccnc1N(C)C)NCC(=O)N(C)C. The van der Waals surface area contributed by atoms with Crippen molar-refractivity contribution in [3.8, 4) is 0 Å². The van der Waals surface area contributed by atoms with Crippen LogP contribution in [0.2, 0.25) is 0 Å². The van der Waals surface area contributed by atoms with Gasteiger partial charge in [-0.25, -0.2) is 9.98 Å². The number of likely N-dealkylation sites (N-methyl/N-ethyl adjacent to an activating group) is 1. The number of aromatic nitrogens is 1. The summed E-state index contributed by atoms with van der Waals surface area (Å²) in [4.78, 5) is 24.0. The van der Waals surface area contributed by atoms with Gasteiger partial charge in [0, 0.05) is 46.5 Å². The molecule has 0 radical (unpaired) electrons. The summed E-state index contributed by atoms with van der Waals surface area (Å²) in [7, 11) is 7.36. The Hall–Kier alpha value is -2.31. The average Bonchev–Trinajstić information content (AvgIpc) is 2.49. The molecular formula is C15H26N6O. The van der Waals surface area contributed by atoms with Crippen molar-refractivity contribution in [1.82, 2.24) is 20.5 Å². The Morgan fingerprint density at radius 3 is 2.59 bits per heavy atom. The Labute approximate surface area is 132 Å². The first-order chi connectivity index (χ1) is 10.5. The van der Waals surface area contributed by atoms with Crippen LogP contribution in [0.15, 0.2) is 23.3 Å². The Morgan fingerprint density at radius 2 is 2.00 bits per heavy atom. The Kier molecular flexibility index (Phi) is 7.15. The Bertz CT molecular complexity index is 513. The summed E-state index contributed by atoms with van der Waals surface area (Å²) in [6, 6.07) is 3.90. The van der Waals surface area contributed by atoms with Crippen LogP contribution in [0.1, 0.15) is 12.5 Å². The van der Waals surface area contributed by atoms with Gasteiger partial charge in [0.15, 0.2) is 5.96 Å². The van der Waals surface area contributed by atoms with Crippen molar-refractivity contribution in [3.05, 3.63) is 23.9 Å². The lowest BCUT2D eigenvalue weighted by Gasteiger charge is -2.16. The van der Waals surface area contributed by atoms with Crippen molar-refractivity contribution < 1.29 is 4.79 Å². The third-order valence-electron chi connectivity index (χ3n) is 2.95. The van der Waals surface area contributed by atoms with Crippen LogP contribution < -0.4 is 15.5 Å². The molecule has 0 atom stereocenters. The lowest BCUT2D eigenvalue weighted by atomic mass is 10.2. The Balaban J connectivity index is 2.76. The molecule has 22 heavy (non-hydrogen) atoms. The van der Waals surface area contributed by atoms with Crippen LogP contribution in [0.3, 0.4) is 0 Å². The number of nitrogens with one attached hydrogen (secondary N) is 2. The minimum absolute atomic E-state index is 0.000890. The maximum atomic E-state index is 11.6. The number of amides is 1. The van der Waals surface area contributed by atoms with Crippen LogP contribution in [0.4, 0.5) is 5.82 Å². The van der Waals surface area contributed by atoms with Crippen molar-refractivity contribution in [2.24, 2.45) is 4.99 Å². The maximum absolute atomic E-state index is 11.6. The largest absolute Gasteiger partial charge is 0.362 e. The van der Waals surface area contributed by atoms with Gasteiger partial charge in [-0.05, 0) is 13.0 Å². The number of carbonyl (C=O) groups excluding carboxylic acids is 1. The second-order valence-corrected chi connectivity index (χ2v) is 5.22. The van der Waals surface area contributed by atoms with Gasteiger partial charge in [0.05, 0.1) is 13.1 Å². The highest BCUT2D eigenvalue weighted by Gasteiger charge is 2.07. The lowest BCUT2D eigenvalue weighted by Crippen LogP contribution is -2.42. The lowest BCUT2D eigenvalue weighted by molar-refractivity contribution is -0.127. The zero-order valence-electron chi connectivity index (χ0n) is 14.1. The second kappa shape index (κ2) is 8.86. The Morgan fingerprint density at radius 1 is 1.27 bits per heavy atom. The highest BCUT2D eigenvalue weighted by molar-refractivity contribution is 5.86. The third kappa shape index (κ3) is 5.59. The number of aliphatic imine (C=N–C) groups is 1. The number of anilines is 1. The van der Waals surface area contributed by atoms with Crippen molar-refractivity contribution in [2.75, 3.05) is 46.2 Å². The topological polar surface area (TPSA) is 72.9 Å². The highest BCUT2D eigenvalue weighted by atomic mass is 16.2. The average molecular weight is 306 g/mol. The maximum Gasteiger partial charge on any atom is 0.241 e. The number of carbonyl (C=O) groups is 1. The van der Waals surface area contributed by atoms with Crippen molar-refractivity contribution in [2.45, 2.75) is 13.5 Å². The molecule has 0 aliphatic carbocycles. The van der Waals surface area contributed by atoms with Crippen LogP contribution in [0, 0.1) is 0 Å². The number of pyridine rings is 1. The van der Waals surface area contributed by atoms with Crippen LogP contribution in [0.25, 0.3) is 0 Å². The summed E-state index contributed by atoms with van der Waals surface area (Å²) in [6.45, 7) is 3.43. The van der Waals surface area contributed by atoms with E-state index < -0.39 is 0 Å². The van der Waals surface area contributed by atoms with E-state index in [1.54, 1.807) is 25.2 Å². The van der Waals surface area contributed by atoms with E-state index >= 15 is 0 Å². The first-order valence-electron chi connectivity index (χ1n) is 7.29. The van der Waals surface area contributed by atoms with Gasteiger partial charge in [-0.15, -0.1) is 0 Å². The number of guanidine groups is 1. The van der Waals surface area contributed by atoms with Crippen LogP contribution >= 0.6 is 0 Å². The zero-order chi connectivity index (χ0) is 16.5. The molecule has 1 aromatic heterocycles. The van der Waals surface area contributed by atoms with E-state index in [-0.39, 0.29) is 12.5 Å². The van der Waals surface area contributed by atoms with E-state index in [4.69, 9.17) is 0 Å². The molecule has 0 fully saturated rings. The van der Waals surface area contributed by atoms with E-state index in [1.807, 2.05) is 38.1 Å². The van der Waals surface area contributed by atoms with Gasteiger partial charge in [-0.1, -0.05) is 6.07 Å². The molecule has 7 nitrogen and oxygen atoms in total. The molecular weight excluding hydrogens is 280 g/mol. The standard InChI is InChI=1S/C15H26N6O/c1-6-16-15(19-11-13(22)20(2)3)18-10-12-8-7-9-17-14(12)21(4)5/h7-9H,6,10-11H2,1-5H3,(H2,16,18,19). The zero-order valence-corrected chi connectivity index (χ0v) is 14.1. The molecule has 0 saturated carbocycles. The number of hydrogen-bond donors (Lipinski definition) is 2. The van der Waals surface area contributed by atoms with E-state index in [0.717, 1.165) is 17.9 Å². The first-order valence-corrected chi connectivity index (χ1v) is 7.29. The molecule has 0 aliphatic heterocycles. The van der Waals surface area contributed by atoms with Crippen LogP contribution in [-0.4, -0.2) is 63.0 Å². The number of rotatable bonds is 6. The number of nitrogens with zero attached hydrogens (tertiary/aromatic N) is 4. The highest BCUT2D eigenvalue weighted by Crippen LogP contribution is 2.15. The number of hydrogen-bond acceptors (Lipinski definition) is 4. The fraction of sp³-hybridized carbons (Fsp3) is 0.533. The molecule has 1 aromatic rings. The van der Waals surface area contributed by atoms with Crippen molar-refractivity contribution >= 4 is 17.7 Å². The van der Waals surface area contributed by atoms with Gasteiger partial charge < -0.3 is 20.4 Å². The smallest absolute Gasteiger partial charge is 0.241 e. The summed E-state index contributed by atoms with van der Waals surface area (Å²) < 4.78 is 0. The molecule has 0 aromatic carbocycles. The molecule has 1 heterocycles. The van der Waals surface area contributed by atoms with Gasteiger partial charge >= 0.3 is 0 Å². The van der Waals surface area contributed by atoms with Gasteiger partial charge in [0.25, 0.3) is 0 Å². The molecule has 2 N–H and O–H groups in total. The van der Waals surface area contributed by atoms with E-state index in [1.165, 1.54) is 0 Å². The molecule has 0 saturated heterocycles. The minimum atomic E-state index is 0.000890. The monoisotopic (exact) mass is 306 g/mol. The third-order valence-corrected chi connectivity index (χ3v) is 2.95. The minimum Gasteiger partial charge on any atom is -0.362 e. The molecule has 1 rings (SSSR count). The van der Waals surface area contributed by atoms with Crippen molar-refractivity contribution in [3.63, 3.8) is 0 Å². The quantitative estimate of drug-likeness (QED) is 0.584. The second-order valence-electron chi connectivity index (χ2n) is 5.22. The summed E-state index contributed by atoms with van der Waals surface area (Å²) >= 11 is 0. The molecule has 122 valence electrons. The predicted molar refractivity (Wildman–Crippen MR) is 90.1 cm³/mol.